The predicted octanol–water partition coefficient (Wildman–Crippen LogP) is 6.43. The molecular formula is C26H29BrN2O3. The maximum Gasteiger partial charge on any atom is 0.365 e. The topological polar surface area (TPSA) is 67.8 Å². The number of fused-ring (bicyclic) bond motifs is 2. The zero-order chi connectivity index (χ0) is 23.3. The number of anilines is 1. The zero-order valence-corrected chi connectivity index (χ0v) is 20.8. The van der Waals surface area contributed by atoms with Crippen LogP contribution in [0.25, 0.3) is 0 Å². The number of carbonyl (C=O) groups excluding carboxylic acids is 2. The van der Waals surface area contributed by atoms with Crippen molar-refractivity contribution in [3.05, 3.63) is 63.6 Å². The van der Waals surface area contributed by atoms with Crippen LogP contribution in [0, 0.1) is 30.1 Å². The molecule has 0 heterocycles. The molecule has 0 spiro atoms. The summed E-state index contributed by atoms with van der Waals surface area (Å²) in [6.07, 6.45) is 2.10. The van der Waals surface area contributed by atoms with Crippen molar-refractivity contribution in [2.75, 3.05) is 5.32 Å². The van der Waals surface area contributed by atoms with E-state index in [0.29, 0.717) is 12.0 Å². The molecule has 2 aliphatic carbocycles. The Morgan fingerprint density at radius 1 is 1.00 bits per heavy atom. The summed E-state index contributed by atoms with van der Waals surface area (Å²) < 4.78 is 0.888. The van der Waals surface area contributed by atoms with Crippen molar-refractivity contribution in [3.8, 4) is 0 Å². The second-order valence-electron chi connectivity index (χ2n) is 9.97. The first-order chi connectivity index (χ1) is 15.0. The van der Waals surface area contributed by atoms with Crippen molar-refractivity contribution >= 4 is 39.2 Å². The molecule has 1 N–H and O–H groups in total. The third kappa shape index (κ3) is 3.49. The van der Waals surface area contributed by atoms with Gasteiger partial charge in [0.25, 0.3) is 0 Å². The Kier molecular flexibility index (Phi) is 5.56. The summed E-state index contributed by atoms with van der Waals surface area (Å²) in [5.74, 6) is -0.483. The van der Waals surface area contributed by atoms with Crippen LogP contribution in [0.5, 0.6) is 0 Å². The van der Waals surface area contributed by atoms with Gasteiger partial charge < -0.3 is 10.2 Å². The minimum absolute atomic E-state index is 0.0145. The van der Waals surface area contributed by atoms with Crippen LogP contribution in [0.15, 0.2) is 52.1 Å². The van der Waals surface area contributed by atoms with Gasteiger partial charge >= 0.3 is 5.97 Å². The quantitative estimate of drug-likeness (QED) is 0.391. The second kappa shape index (κ2) is 7.84. The van der Waals surface area contributed by atoms with Crippen LogP contribution in [0.3, 0.4) is 0 Å². The van der Waals surface area contributed by atoms with E-state index in [-0.39, 0.29) is 16.7 Å². The van der Waals surface area contributed by atoms with E-state index in [0.717, 1.165) is 39.8 Å². The third-order valence-corrected chi connectivity index (χ3v) is 8.50. The molecule has 32 heavy (non-hydrogen) atoms. The lowest BCUT2D eigenvalue weighted by molar-refractivity contribution is -0.130. The molecule has 2 saturated carbocycles. The van der Waals surface area contributed by atoms with Crippen LogP contribution < -0.4 is 5.32 Å². The molecule has 0 saturated heterocycles. The molecule has 5 nitrogen and oxygen atoms in total. The maximum atomic E-state index is 13.6. The fourth-order valence-corrected chi connectivity index (χ4v) is 5.82. The van der Waals surface area contributed by atoms with Gasteiger partial charge in [0, 0.05) is 22.0 Å². The number of amides is 1. The molecule has 168 valence electrons. The molecule has 0 aromatic heterocycles. The largest absolute Gasteiger partial charge is 0.365 e. The maximum absolute atomic E-state index is 13.6. The molecule has 0 aliphatic heterocycles. The number of oxime groups is 1. The molecule has 2 aliphatic rings. The number of nitrogens with zero attached hydrogens (tertiary/aromatic N) is 1. The molecule has 2 aromatic rings. The van der Waals surface area contributed by atoms with E-state index in [9.17, 15) is 9.59 Å². The van der Waals surface area contributed by atoms with E-state index in [1.807, 2.05) is 26.0 Å². The van der Waals surface area contributed by atoms with Gasteiger partial charge in [-0.15, -0.1) is 0 Å². The van der Waals surface area contributed by atoms with Crippen LogP contribution in [0.2, 0.25) is 0 Å². The van der Waals surface area contributed by atoms with Crippen LogP contribution in [-0.2, 0) is 9.63 Å². The summed E-state index contributed by atoms with van der Waals surface area (Å²) in [4.78, 5) is 31.5. The van der Waals surface area contributed by atoms with Gasteiger partial charge in [0.15, 0.2) is 0 Å². The third-order valence-electron chi connectivity index (χ3n) is 7.97. The molecule has 2 aromatic carbocycles. The number of rotatable bonds is 4. The van der Waals surface area contributed by atoms with Gasteiger partial charge in [0.2, 0.25) is 5.91 Å². The Balaban J connectivity index is 1.59. The first-order valence-electron chi connectivity index (χ1n) is 10.9. The number of nitrogens with one attached hydrogen (secondary N) is 1. The Morgan fingerprint density at radius 2 is 1.62 bits per heavy atom. The number of carbonyl (C=O) groups is 2. The highest BCUT2D eigenvalue weighted by Crippen LogP contribution is 2.71. The molecule has 0 radical (unpaired) electrons. The van der Waals surface area contributed by atoms with E-state index >= 15 is 0 Å². The lowest BCUT2D eigenvalue weighted by Gasteiger charge is -2.39. The number of hydrogen-bond acceptors (Lipinski definition) is 4. The van der Waals surface area contributed by atoms with E-state index in [4.69, 9.17) is 4.84 Å². The standard InChI is InChI=1S/C26H29BrN2O3/c1-16-12-17(2)14-20(13-16)28-23(31)26-11-10-25(5,24(26,3)4)21(15-26)29-32-22(30)18-6-8-19(27)9-7-18/h6-9,12-14H,10-11,15H2,1-5H3,(H,28,31)/b29-21-. The second-order valence-corrected chi connectivity index (χ2v) is 10.9. The lowest BCUT2D eigenvalue weighted by atomic mass is 9.64. The molecule has 2 bridgehead atoms. The average molecular weight is 497 g/mol. The van der Waals surface area contributed by atoms with Crippen molar-refractivity contribution in [2.24, 2.45) is 21.4 Å². The Bertz CT molecular complexity index is 1100. The smallest absolute Gasteiger partial charge is 0.326 e. The van der Waals surface area contributed by atoms with Crippen molar-refractivity contribution in [1.82, 2.24) is 0 Å². The highest BCUT2D eigenvalue weighted by molar-refractivity contribution is 9.10. The number of aryl methyl sites for hydroxylation is 2. The SMILES string of the molecule is Cc1cc(C)cc(NC(=O)C23CCC(C)(/C(=N\OC(=O)c4ccc(Br)cc4)C2)C3(C)C)c1. The van der Waals surface area contributed by atoms with E-state index < -0.39 is 11.4 Å². The minimum Gasteiger partial charge on any atom is -0.326 e. The molecule has 2 fully saturated rings. The summed E-state index contributed by atoms with van der Waals surface area (Å²) in [5, 5.41) is 7.48. The first-order valence-corrected chi connectivity index (χ1v) is 11.7. The Hall–Kier alpha value is -2.47. The summed E-state index contributed by atoms with van der Waals surface area (Å²) in [7, 11) is 0. The van der Waals surface area contributed by atoms with Gasteiger partial charge in [-0.3, -0.25) is 4.79 Å². The number of hydrogen-bond donors (Lipinski definition) is 1. The van der Waals surface area contributed by atoms with Crippen molar-refractivity contribution in [2.45, 2.75) is 53.9 Å². The number of halogens is 1. The fraction of sp³-hybridized carbons (Fsp3) is 0.423. The highest BCUT2D eigenvalue weighted by atomic mass is 79.9. The van der Waals surface area contributed by atoms with E-state index in [1.165, 1.54) is 0 Å². The Labute approximate surface area is 197 Å². The highest BCUT2D eigenvalue weighted by Gasteiger charge is 2.71. The van der Waals surface area contributed by atoms with Crippen molar-refractivity contribution in [1.29, 1.82) is 0 Å². The van der Waals surface area contributed by atoms with Crippen LogP contribution >= 0.6 is 15.9 Å². The summed E-state index contributed by atoms with van der Waals surface area (Å²) in [6.45, 7) is 10.5. The van der Waals surface area contributed by atoms with Gasteiger partial charge in [-0.05, 0) is 79.6 Å². The van der Waals surface area contributed by atoms with Gasteiger partial charge in [0.05, 0.1) is 16.7 Å². The fourth-order valence-electron chi connectivity index (χ4n) is 5.56. The summed E-state index contributed by atoms with van der Waals surface area (Å²) in [6, 6.07) is 13.0. The van der Waals surface area contributed by atoms with Gasteiger partial charge in [0.1, 0.15) is 0 Å². The summed E-state index contributed by atoms with van der Waals surface area (Å²) in [5.41, 5.74) is 3.03. The molecule has 6 heteroatoms. The summed E-state index contributed by atoms with van der Waals surface area (Å²) >= 11 is 3.36. The minimum atomic E-state index is -0.595. The zero-order valence-electron chi connectivity index (χ0n) is 19.2. The van der Waals surface area contributed by atoms with E-state index in [1.54, 1.807) is 24.3 Å². The predicted molar refractivity (Wildman–Crippen MR) is 130 cm³/mol. The monoisotopic (exact) mass is 496 g/mol. The average Bonchev–Trinajstić information content (AvgIpc) is 3.02. The van der Waals surface area contributed by atoms with Gasteiger partial charge in [-0.2, -0.15) is 0 Å². The normalized spacial score (nSPS) is 26.9. The van der Waals surface area contributed by atoms with Crippen LogP contribution in [-0.4, -0.2) is 17.6 Å². The molecule has 1 amide bonds. The van der Waals surface area contributed by atoms with Crippen LogP contribution in [0.4, 0.5) is 5.69 Å². The van der Waals surface area contributed by atoms with Crippen molar-refractivity contribution < 1.29 is 14.4 Å². The van der Waals surface area contributed by atoms with Crippen molar-refractivity contribution in [3.63, 3.8) is 0 Å². The molecule has 4 rings (SSSR count). The number of benzene rings is 2. The molecule has 2 unspecified atom stereocenters. The van der Waals surface area contributed by atoms with Gasteiger partial charge in [-0.1, -0.05) is 47.9 Å². The van der Waals surface area contributed by atoms with E-state index in [2.05, 4.69) is 53.2 Å². The first kappa shape index (κ1) is 22.7. The Morgan fingerprint density at radius 3 is 2.25 bits per heavy atom. The van der Waals surface area contributed by atoms with Crippen LogP contribution in [0.1, 0.15) is 61.5 Å². The molecule has 2 atom stereocenters. The lowest BCUT2D eigenvalue weighted by Crippen LogP contribution is -2.43. The molecular weight excluding hydrogens is 468 g/mol. The van der Waals surface area contributed by atoms with Gasteiger partial charge in [-0.25, -0.2) is 4.79 Å².